The summed E-state index contributed by atoms with van der Waals surface area (Å²) in [5, 5.41) is 0. The molecule has 0 amide bonds. The van der Waals surface area contributed by atoms with Crippen LogP contribution in [0, 0.1) is 5.82 Å². The molecule has 2 aromatic carbocycles. The van der Waals surface area contributed by atoms with Gasteiger partial charge in [0.2, 0.25) is 0 Å². The SMILES string of the molecule is CCCC(Oc1ccc(F)cc1)N1CCC(N(C)c2cccc3scnc23)CC1. The van der Waals surface area contributed by atoms with Crippen molar-refractivity contribution in [3.63, 3.8) is 0 Å². The third-order valence-corrected chi connectivity index (χ3v) is 6.59. The van der Waals surface area contributed by atoms with Crippen LogP contribution in [0.1, 0.15) is 32.6 Å². The van der Waals surface area contributed by atoms with Crippen molar-refractivity contribution in [2.45, 2.75) is 44.9 Å². The minimum atomic E-state index is -0.233. The quantitative estimate of drug-likeness (QED) is 0.508. The standard InChI is InChI=1S/C23H28FN3OS/c1-3-5-22(28-19-10-8-17(24)9-11-19)27-14-12-18(13-15-27)26(2)20-6-4-7-21-23(20)25-16-29-21/h4,6-11,16,18,22H,3,5,12-15H2,1-2H3. The minimum absolute atomic E-state index is 0.0405. The van der Waals surface area contributed by atoms with E-state index in [0.29, 0.717) is 6.04 Å². The largest absolute Gasteiger partial charge is 0.475 e. The third-order valence-electron chi connectivity index (χ3n) is 5.79. The smallest absolute Gasteiger partial charge is 0.152 e. The van der Waals surface area contributed by atoms with Crippen molar-refractivity contribution in [3.8, 4) is 5.75 Å². The van der Waals surface area contributed by atoms with E-state index < -0.39 is 0 Å². The van der Waals surface area contributed by atoms with Crippen LogP contribution in [0.5, 0.6) is 5.75 Å². The topological polar surface area (TPSA) is 28.6 Å². The summed E-state index contributed by atoms with van der Waals surface area (Å²) in [6, 6.07) is 13.3. The molecular formula is C23H28FN3OS. The van der Waals surface area contributed by atoms with Gasteiger partial charge in [0.1, 0.15) is 17.1 Å². The molecule has 6 heteroatoms. The highest BCUT2D eigenvalue weighted by atomic mass is 32.1. The molecule has 0 aliphatic carbocycles. The summed E-state index contributed by atoms with van der Waals surface area (Å²) in [5.41, 5.74) is 4.24. The van der Waals surface area contributed by atoms with Crippen molar-refractivity contribution < 1.29 is 9.13 Å². The fraction of sp³-hybridized carbons (Fsp3) is 0.435. The fourth-order valence-electron chi connectivity index (χ4n) is 4.15. The lowest BCUT2D eigenvalue weighted by atomic mass is 10.0. The second-order valence-corrected chi connectivity index (χ2v) is 8.56. The van der Waals surface area contributed by atoms with Gasteiger partial charge in [-0.3, -0.25) is 4.90 Å². The van der Waals surface area contributed by atoms with E-state index >= 15 is 0 Å². The lowest BCUT2D eigenvalue weighted by Crippen LogP contribution is -2.49. The average Bonchev–Trinajstić information content (AvgIpc) is 3.23. The molecule has 1 unspecified atom stereocenters. The number of para-hydroxylation sites is 1. The van der Waals surface area contributed by atoms with Crippen molar-refractivity contribution in [2.75, 3.05) is 25.0 Å². The Bertz CT molecular complexity index is 921. The molecule has 4 rings (SSSR count). The van der Waals surface area contributed by atoms with Gasteiger partial charge in [-0.05, 0) is 55.7 Å². The zero-order valence-electron chi connectivity index (χ0n) is 17.1. The van der Waals surface area contributed by atoms with Gasteiger partial charge in [0.25, 0.3) is 0 Å². The highest BCUT2D eigenvalue weighted by Crippen LogP contribution is 2.31. The molecular weight excluding hydrogens is 385 g/mol. The molecule has 1 atom stereocenters. The van der Waals surface area contributed by atoms with Crippen LogP contribution in [0.25, 0.3) is 10.2 Å². The second-order valence-electron chi connectivity index (χ2n) is 7.67. The Balaban J connectivity index is 1.40. The van der Waals surface area contributed by atoms with E-state index in [4.69, 9.17) is 4.74 Å². The molecule has 29 heavy (non-hydrogen) atoms. The Morgan fingerprint density at radius 2 is 1.97 bits per heavy atom. The van der Waals surface area contributed by atoms with Crippen LogP contribution in [0.3, 0.4) is 0 Å². The molecule has 2 heterocycles. The average molecular weight is 414 g/mol. The molecule has 3 aromatic rings. The molecule has 0 N–H and O–H groups in total. The number of hydrogen-bond acceptors (Lipinski definition) is 5. The number of nitrogens with zero attached hydrogens (tertiary/aromatic N) is 3. The zero-order valence-corrected chi connectivity index (χ0v) is 17.9. The minimum Gasteiger partial charge on any atom is -0.475 e. The molecule has 1 fully saturated rings. The first-order chi connectivity index (χ1) is 14.2. The number of hydrogen-bond donors (Lipinski definition) is 0. The van der Waals surface area contributed by atoms with E-state index in [1.54, 1.807) is 23.5 Å². The Hall–Kier alpha value is -2.18. The number of likely N-dealkylation sites (tertiary alicyclic amines) is 1. The van der Waals surface area contributed by atoms with Gasteiger partial charge in [0.15, 0.2) is 6.23 Å². The van der Waals surface area contributed by atoms with Gasteiger partial charge in [-0.2, -0.15) is 0 Å². The summed E-state index contributed by atoms with van der Waals surface area (Å²) >= 11 is 1.69. The molecule has 4 nitrogen and oxygen atoms in total. The Morgan fingerprint density at radius 3 is 2.69 bits per heavy atom. The number of thiazole rings is 1. The number of piperidine rings is 1. The molecule has 0 bridgehead atoms. The Morgan fingerprint density at radius 1 is 1.21 bits per heavy atom. The predicted octanol–water partition coefficient (Wildman–Crippen LogP) is 5.54. The number of halogens is 1. The third kappa shape index (κ3) is 4.54. The van der Waals surface area contributed by atoms with E-state index in [9.17, 15) is 4.39 Å². The summed E-state index contributed by atoms with van der Waals surface area (Å²) < 4.78 is 20.6. The Labute approximate surface area is 175 Å². The summed E-state index contributed by atoms with van der Waals surface area (Å²) in [4.78, 5) is 9.40. The van der Waals surface area contributed by atoms with Crippen molar-refractivity contribution in [1.82, 2.24) is 9.88 Å². The number of ether oxygens (including phenoxy) is 1. The van der Waals surface area contributed by atoms with E-state index in [0.717, 1.165) is 50.0 Å². The molecule has 0 saturated carbocycles. The first kappa shape index (κ1) is 20.1. The van der Waals surface area contributed by atoms with Gasteiger partial charge in [0.05, 0.1) is 15.9 Å². The highest BCUT2D eigenvalue weighted by Gasteiger charge is 2.28. The van der Waals surface area contributed by atoms with Crippen LogP contribution in [0.4, 0.5) is 10.1 Å². The van der Waals surface area contributed by atoms with Gasteiger partial charge in [-0.15, -0.1) is 11.3 Å². The highest BCUT2D eigenvalue weighted by molar-refractivity contribution is 7.16. The molecule has 1 aliphatic rings. The van der Waals surface area contributed by atoms with E-state index in [1.165, 1.54) is 22.5 Å². The van der Waals surface area contributed by atoms with Gasteiger partial charge in [0, 0.05) is 26.2 Å². The fourth-order valence-corrected chi connectivity index (χ4v) is 4.84. The number of aromatic nitrogens is 1. The van der Waals surface area contributed by atoms with E-state index in [-0.39, 0.29) is 12.0 Å². The molecule has 154 valence electrons. The van der Waals surface area contributed by atoms with Crippen LogP contribution in [0.15, 0.2) is 48.0 Å². The number of anilines is 1. The van der Waals surface area contributed by atoms with Gasteiger partial charge in [-0.1, -0.05) is 19.4 Å². The maximum absolute atomic E-state index is 13.2. The normalized spacial score (nSPS) is 16.8. The first-order valence-corrected chi connectivity index (χ1v) is 11.2. The van der Waals surface area contributed by atoms with Gasteiger partial charge < -0.3 is 9.64 Å². The van der Waals surface area contributed by atoms with Crippen molar-refractivity contribution >= 4 is 27.2 Å². The number of rotatable bonds is 7. The molecule has 1 saturated heterocycles. The summed E-state index contributed by atoms with van der Waals surface area (Å²) in [6.45, 7) is 4.16. The van der Waals surface area contributed by atoms with Crippen molar-refractivity contribution in [3.05, 3.63) is 53.8 Å². The molecule has 1 aliphatic heterocycles. The zero-order chi connectivity index (χ0) is 20.2. The number of fused-ring (bicyclic) bond motifs is 1. The lowest BCUT2D eigenvalue weighted by Gasteiger charge is -2.41. The van der Waals surface area contributed by atoms with Gasteiger partial charge >= 0.3 is 0 Å². The first-order valence-electron chi connectivity index (χ1n) is 10.4. The maximum atomic E-state index is 13.2. The molecule has 1 aromatic heterocycles. The van der Waals surface area contributed by atoms with Gasteiger partial charge in [-0.25, -0.2) is 9.37 Å². The maximum Gasteiger partial charge on any atom is 0.152 e. The van der Waals surface area contributed by atoms with Crippen LogP contribution in [0.2, 0.25) is 0 Å². The second kappa shape index (κ2) is 9.09. The van der Waals surface area contributed by atoms with Crippen LogP contribution >= 0.6 is 11.3 Å². The molecule has 0 spiro atoms. The van der Waals surface area contributed by atoms with E-state index in [1.807, 2.05) is 5.51 Å². The summed E-state index contributed by atoms with van der Waals surface area (Å²) in [7, 11) is 2.19. The number of benzene rings is 2. The summed E-state index contributed by atoms with van der Waals surface area (Å²) in [6.07, 6.45) is 4.24. The van der Waals surface area contributed by atoms with Crippen molar-refractivity contribution in [2.24, 2.45) is 0 Å². The molecule has 0 radical (unpaired) electrons. The van der Waals surface area contributed by atoms with Crippen LogP contribution < -0.4 is 9.64 Å². The summed E-state index contributed by atoms with van der Waals surface area (Å²) in [5.74, 6) is 0.502. The van der Waals surface area contributed by atoms with Crippen LogP contribution in [-0.2, 0) is 0 Å². The Kier molecular flexibility index (Phi) is 6.31. The predicted molar refractivity (Wildman–Crippen MR) is 118 cm³/mol. The van der Waals surface area contributed by atoms with Crippen molar-refractivity contribution in [1.29, 1.82) is 0 Å². The van der Waals surface area contributed by atoms with Crippen LogP contribution in [-0.4, -0.2) is 42.3 Å². The monoisotopic (exact) mass is 413 g/mol. The lowest BCUT2D eigenvalue weighted by molar-refractivity contribution is 0.00266. The van der Waals surface area contributed by atoms with E-state index in [2.05, 4.69) is 47.0 Å².